The number of aliphatic hydroxyl groups is 1. The van der Waals surface area contributed by atoms with Crippen LogP contribution in [-0.2, 0) is 0 Å². The van der Waals surface area contributed by atoms with Crippen molar-refractivity contribution in [3.05, 3.63) is 35.1 Å². The van der Waals surface area contributed by atoms with Crippen LogP contribution in [0.1, 0.15) is 50.7 Å². The lowest BCUT2D eigenvalue weighted by atomic mass is 9.93. The summed E-state index contributed by atoms with van der Waals surface area (Å²) in [5, 5.41) is 10.1. The second-order valence-electron chi connectivity index (χ2n) is 5.04. The first-order chi connectivity index (χ1) is 9.06. The van der Waals surface area contributed by atoms with E-state index in [0.717, 1.165) is 31.2 Å². The van der Waals surface area contributed by atoms with E-state index in [9.17, 15) is 9.50 Å². The molecule has 0 amide bonds. The maximum atomic E-state index is 13.2. The summed E-state index contributed by atoms with van der Waals surface area (Å²) in [7, 11) is 0. The van der Waals surface area contributed by atoms with Gasteiger partial charge in [0.1, 0.15) is 11.9 Å². The van der Waals surface area contributed by atoms with Gasteiger partial charge in [0, 0.05) is 5.56 Å². The number of aliphatic hydroxyl groups excluding tert-OH is 1. The number of hydrogen-bond acceptors (Lipinski definition) is 1. The lowest BCUT2D eigenvalue weighted by Crippen LogP contribution is -2.17. The maximum absolute atomic E-state index is 13.2. The van der Waals surface area contributed by atoms with Crippen LogP contribution in [0.4, 0.5) is 4.39 Å². The van der Waals surface area contributed by atoms with Crippen molar-refractivity contribution in [2.75, 3.05) is 0 Å². The summed E-state index contributed by atoms with van der Waals surface area (Å²) in [6.07, 6.45) is 3.51. The third-order valence-electron chi connectivity index (χ3n) is 3.31. The zero-order chi connectivity index (χ0) is 14.3. The molecule has 2 unspecified atom stereocenters. The molecule has 0 saturated carbocycles. The highest BCUT2D eigenvalue weighted by Gasteiger charge is 2.14. The molecule has 0 radical (unpaired) electrons. The van der Waals surface area contributed by atoms with Gasteiger partial charge in [0.15, 0.2) is 0 Å². The fourth-order valence-electron chi connectivity index (χ4n) is 2.14. The van der Waals surface area contributed by atoms with Crippen LogP contribution in [0.15, 0.2) is 18.2 Å². The molecule has 1 nitrogen and oxygen atoms in total. The minimum atomic E-state index is -0.625. The monoisotopic (exact) mass is 262 g/mol. The summed E-state index contributed by atoms with van der Waals surface area (Å²) in [5.74, 6) is 5.66. The summed E-state index contributed by atoms with van der Waals surface area (Å²) in [6.45, 7) is 6.04. The summed E-state index contributed by atoms with van der Waals surface area (Å²) >= 11 is 0. The van der Waals surface area contributed by atoms with Crippen LogP contribution in [0.25, 0.3) is 0 Å². The zero-order valence-electron chi connectivity index (χ0n) is 12.0. The van der Waals surface area contributed by atoms with Crippen LogP contribution in [0, 0.1) is 30.5 Å². The lowest BCUT2D eigenvalue weighted by Gasteiger charge is -2.16. The molecule has 1 rings (SSSR count). The zero-order valence-corrected chi connectivity index (χ0v) is 12.0. The van der Waals surface area contributed by atoms with E-state index in [4.69, 9.17) is 0 Å². The third kappa shape index (κ3) is 5.44. The van der Waals surface area contributed by atoms with Crippen molar-refractivity contribution in [2.24, 2.45) is 5.92 Å². The molecule has 0 aliphatic carbocycles. The molecular weight excluding hydrogens is 239 g/mol. The third-order valence-corrected chi connectivity index (χ3v) is 3.31. The highest BCUT2D eigenvalue weighted by molar-refractivity contribution is 5.38. The average molecular weight is 262 g/mol. The van der Waals surface area contributed by atoms with Gasteiger partial charge in [-0.25, -0.2) is 4.39 Å². The molecule has 0 bridgehead atoms. The van der Waals surface area contributed by atoms with Gasteiger partial charge in [-0.3, -0.25) is 0 Å². The Morgan fingerprint density at radius 1 is 1.26 bits per heavy atom. The Hall–Kier alpha value is -1.33. The molecule has 0 fully saturated rings. The molecule has 1 N–H and O–H groups in total. The molecule has 104 valence electrons. The molecule has 2 atom stereocenters. The van der Waals surface area contributed by atoms with Crippen LogP contribution in [-0.4, -0.2) is 11.2 Å². The van der Waals surface area contributed by atoms with Gasteiger partial charge < -0.3 is 5.11 Å². The molecule has 0 aliphatic rings. The van der Waals surface area contributed by atoms with E-state index in [2.05, 4.69) is 25.7 Å². The number of halogens is 1. The minimum absolute atomic E-state index is 0.210. The average Bonchev–Trinajstić information content (AvgIpc) is 2.36. The van der Waals surface area contributed by atoms with Crippen LogP contribution in [0.3, 0.4) is 0 Å². The van der Waals surface area contributed by atoms with Crippen molar-refractivity contribution in [1.29, 1.82) is 0 Å². The van der Waals surface area contributed by atoms with Crippen LogP contribution in [0.5, 0.6) is 0 Å². The SMILES string of the molecule is CCCCC(CC)C(O)C#Cc1cc(C)cc(F)c1. The fraction of sp³-hybridized carbons (Fsp3) is 0.529. The molecule has 1 aromatic carbocycles. The highest BCUT2D eigenvalue weighted by Crippen LogP contribution is 2.16. The molecule has 2 heteroatoms. The van der Waals surface area contributed by atoms with Gasteiger partial charge in [-0.15, -0.1) is 0 Å². The summed E-state index contributed by atoms with van der Waals surface area (Å²) in [4.78, 5) is 0. The van der Waals surface area contributed by atoms with E-state index in [-0.39, 0.29) is 11.7 Å². The van der Waals surface area contributed by atoms with Gasteiger partial charge in [0.05, 0.1) is 0 Å². The normalized spacial score (nSPS) is 13.5. The second-order valence-corrected chi connectivity index (χ2v) is 5.04. The molecular formula is C17H23FO. The predicted octanol–water partition coefficient (Wildman–Crippen LogP) is 4.06. The van der Waals surface area contributed by atoms with E-state index in [1.165, 1.54) is 12.1 Å². The molecule has 19 heavy (non-hydrogen) atoms. The predicted molar refractivity (Wildman–Crippen MR) is 77.3 cm³/mol. The van der Waals surface area contributed by atoms with Gasteiger partial charge in [0.2, 0.25) is 0 Å². The Balaban J connectivity index is 2.74. The van der Waals surface area contributed by atoms with E-state index >= 15 is 0 Å². The first-order valence-electron chi connectivity index (χ1n) is 7.03. The fourth-order valence-corrected chi connectivity index (χ4v) is 2.14. The number of aryl methyl sites for hydroxylation is 1. The Morgan fingerprint density at radius 3 is 2.58 bits per heavy atom. The Bertz CT molecular complexity index is 436. The van der Waals surface area contributed by atoms with Gasteiger partial charge in [-0.2, -0.15) is 0 Å². The Morgan fingerprint density at radius 2 is 2.00 bits per heavy atom. The van der Waals surface area contributed by atoms with Crippen LogP contribution < -0.4 is 0 Å². The number of benzene rings is 1. The van der Waals surface area contributed by atoms with Crippen molar-refractivity contribution in [1.82, 2.24) is 0 Å². The van der Waals surface area contributed by atoms with Crippen molar-refractivity contribution in [3.8, 4) is 11.8 Å². The summed E-state index contributed by atoms with van der Waals surface area (Å²) in [5.41, 5.74) is 1.47. The molecule has 0 aliphatic heterocycles. The second kappa shape index (κ2) is 7.96. The van der Waals surface area contributed by atoms with Gasteiger partial charge in [0.25, 0.3) is 0 Å². The van der Waals surface area contributed by atoms with Gasteiger partial charge in [-0.1, -0.05) is 38.5 Å². The summed E-state index contributed by atoms with van der Waals surface area (Å²) < 4.78 is 13.2. The van der Waals surface area contributed by atoms with Crippen molar-refractivity contribution < 1.29 is 9.50 Å². The summed E-state index contributed by atoms with van der Waals surface area (Å²) in [6, 6.07) is 4.70. The largest absolute Gasteiger partial charge is 0.380 e. The van der Waals surface area contributed by atoms with Crippen molar-refractivity contribution in [3.63, 3.8) is 0 Å². The van der Waals surface area contributed by atoms with Crippen molar-refractivity contribution in [2.45, 2.75) is 52.6 Å². The van der Waals surface area contributed by atoms with E-state index in [0.29, 0.717) is 5.56 Å². The quantitative estimate of drug-likeness (QED) is 0.793. The van der Waals surface area contributed by atoms with Gasteiger partial charge >= 0.3 is 0 Å². The number of rotatable bonds is 5. The molecule has 0 heterocycles. The minimum Gasteiger partial charge on any atom is -0.380 e. The molecule has 0 spiro atoms. The molecule has 0 saturated heterocycles. The first kappa shape index (κ1) is 15.7. The first-order valence-corrected chi connectivity index (χ1v) is 7.03. The lowest BCUT2D eigenvalue weighted by molar-refractivity contribution is 0.150. The Labute approximate surface area is 115 Å². The Kier molecular flexibility index (Phi) is 6.59. The van der Waals surface area contributed by atoms with E-state index < -0.39 is 6.10 Å². The number of hydrogen-bond donors (Lipinski definition) is 1. The standard InChI is InChI=1S/C17H23FO/c1-4-6-7-15(5-2)17(19)9-8-14-10-13(3)11-16(18)12-14/h10-12,15,17,19H,4-7H2,1-3H3. The molecule has 1 aromatic rings. The van der Waals surface area contributed by atoms with Crippen LogP contribution in [0.2, 0.25) is 0 Å². The highest BCUT2D eigenvalue weighted by atomic mass is 19.1. The van der Waals surface area contributed by atoms with Gasteiger partial charge in [-0.05, 0) is 49.4 Å². The topological polar surface area (TPSA) is 20.2 Å². The van der Waals surface area contributed by atoms with E-state index in [1.807, 2.05) is 13.0 Å². The van der Waals surface area contributed by atoms with Crippen molar-refractivity contribution >= 4 is 0 Å². The maximum Gasteiger partial charge on any atom is 0.124 e. The van der Waals surface area contributed by atoms with E-state index in [1.54, 1.807) is 0 Å². The smallest absolute Gasteiger partial charge is 0.124 e. The molecule has 0 aromatic heterocycles. The number of unbranched alkanes of at least 4 members (excludes halogenated alkanes) is 1. The van der Waals surface area contributed by atoms with Crippen LogP contribution >= 0.6 is 0 Å².